The molecule has 0 aliphatic carbocycles. The summed E-state index contributed by atoms with van der Waals surface area (Å²) in [7, 11) is 0. The average molecular weight is 288 g/mol. The summed E-state index contributed by atoms with van der Waals surface area (Å²) in [5.74, 6) is 6.35. The molecule has 1 aliphatic heterocycles. The molecule has 4 heteroatoms. The van der Waals surface area contributed by atoms with Crippen molar-refractivity contribution in [2.24, 2.45) is 17.6 Å². The minimum atomic E-state index is -0.326. The molecule has 0 aromatic heterocycles. The summed E-state index contributed by atoms with van der Waals surface area (Å²) in [4.78, 5) is 13.9. The topological polar surface area (TPSA) is 46.3 Å². The van der Waals surface area contributed by atoms with Gasteiger partial charge < -0.3 is 10.6 Å². The molecule has 1 aromatic carbocycles. The molecule has 0 saturated carbocycles. The third kappa shape index (κ3) is 3.83. The lowest BCUT2D eigenvalue weighted by molar-refractivity contribution is -0.128. The molecule has 1 aliphatic rings. The van der Waals surface area contributed by atoms with Crippen molar-refractivity contribution in [3.63, 3.8) is 0 Å². The maximum Gasteiger partial charge on any atom is 0.223 e. The molecule has 21 heavy (non-hydrogen) atoms. The van der Waals surface area contributed by atoms with Crippen molar-refractivity contribution < 1.29 is 9.18 Å². The molecule has 1 unspecified atom stereocenters. The summed E-state index contributed by atoms with van der Waals surface area (Å²) in [6, 6.07) is 4.51. The molecule has 112 valence electrons. The number of carbonyl (C=O) groups excluding carboxylic acids is 1. The van der Waals surface area contributed by atoms with E-state index in [0.717, 1.165) is 12.1 Å². The molecule has 1 saturated heterocycles. The summed E-state index contributed by atoms with van der Waals surface area (Å²) in [6.45, 7) is 5.75. The number of carbonyl (C=O) groups is 1. The number of amides is 1. The van der Waals surface area contributed by atoms with Crippen LogP contribution in [0, 0.1) is 29.5 Å². The van der Waals surface area contributed by atoms with Crippen LogP contribution in [0.25, 0.3) is 0 Å². The fourth-order valence-corrected chi connectivity index (χ4v) is 2.56. The smallest absolute Gasteiger partial charge is 0.223 e. The van der Waals surface area contributed by atoms with Crippen molar-refractivity contribution in [2.45, 2.75) is 26.8 Å². The summed E-state index contributed by atoms with van der Waals surface area (Å²) < 4.78 is 13.4. The van der Waals surface area contributed by atoms with Crippen LogP contribution in [0.4, 0.5) is 4.39 Å². The van der Waals surface area contributed by atoms with Gasteiger partial charge in [-0.05, 0) is 29.5 Å². The first-order valence-corrected chi connectivity index (χ1v) is 7.26. The van der Waals surface area contributed by atoms with E-state index in [1.807, 2.05) is 4.90 Å². The lowest BCUT2D eigenvalue weighted by atomic mass is 9.95. The predicted molar refractivity (Wildman–Crippen MR) is 80.7 cm³/mol. The Hall–Kier alpha value is -1.86. The van der Waals surface area contributed by atoms with E-state index in [1.165, 1.54) is 12.1 Å². The van der Waals surface area contributed by atoms with Gasteiger partial charge in [0.05, 0.1) is 6.54 Å². The Morgan fingerprint density at radius 2 is 2.24 bits per heavy atom. The van der Waals surface area contributed by atoms with Crippen LogP contribution in [-0.2, 0) is 11.3 Å². The number of hydrogen-bond donors (Lipinski definition) is 1. The van der Waals surface area contributed by atoms with Gasteiger partial charge in [-0.1, -0.05) is 31.8 Å². The highest BCUT2D eigenvalue weighted by Gasteiger charge is 2.31. The molecule has 0 radical (unpaired) electrons. The standard InChI is InChI=1S/C17H21FN2O/c1-12(2)15-9-17(21)20(11-15)10-14-5-6-16(18)8-13(14)4-3-7-19/h5-6,8,12,15H,7,9-11,19H2,1-2H3. The molecule has 1 amide bonds. The number of likely N-dealkylation sites (tertiary alicyclic amines) is 1. The van der Waals surface area contributed by atoms with Crippen LogP contribution in [0.2, 0.25) is 0 Å². The van der Waals surface area contributed by atoms with Crippen LogP contribution in [-0.4, -0.2) is 23.9 Å². The SMILES string of the molecule is CC(C)C1CC(=O)N(Cc2ccc(F)cc2C#CCN)C1. The van der Waals surface area contributed by atoms with Crippen molar-refractivity contribution in [1.82, 2.24) is 4.90 Å². The van der Waals surface area contributed by atoms with Crippen molar-refractivity contribution >= 4 is 5.91 Å². The summed E-state index contributed by atoms with van der Waals surface area (Å²) in [5, 5.41) is 0. The number of nitrogens with zero attached hydrogens (tertiary/aromatic N) is 1. The van der Waals surface area contributed by atoms with Gasteiger partial charge in [0.25, 0.3) is 0 Å². The monoisotopic (exact) mass is 288 g/mol. The number of halogens is 1. The first kappa shape index (κ1) is 15.5. The Labute approximate surface area is 125 Å². The van der Waals surface area contributed by atoms with Crippen LogP contribution in [0.1, 0.15) is 31.4 Å². The van der Waals surface area contributed by atoms with Crippen LogP contribution < -0.4 is 5.73 Å². The first-order chi connectivity index (χ1) is 10.0. The Bertz CT molecular complexity index is 586. The maximum absolute atomic E-state index is 13.4. The molecule has 1 atom stereocenters. The minimum Gasteiger partial charge on any atom is -0.338 e. The number of nitrogens with two attached hydrogens (primary N) is 1. The highest BCUT2D eigenvalue weighted by Crippen LogP contribution is 2.26. The van der Waals surface area contributed by atoms with Crippen molar-refractivity contribution in [3.05, 3.63) is 35.1 Å². The van der Waals surface area contributed by atoms with E-state index < -0.39 is 0 Å². The maximum atomic E-state index is 13.4. The van der Waals surface area contributed by atoms with Crippen molar-refractivity contribution in [2.75, 3.05) is 13.1 Å². The second-order valence-electron chi connectivity index (χ2n) is 5.79. The van der Waals surface area contributed by atoms with Gasteiger partial charge in [0.1, 0.15) is 5.82 Å². The van der Waals surface area contributed by atoms with Crippen molar-refractivity contribution in [3.8, 4) is 11.8 Å². The molecule has 1 heterocycles. The highest BCUT2D eigenvalue weighted by atomic mass is 19.1. The molecule has 3 nitrogen and oxygen atoms in total. The van der Waals surface area contributed by atoms with Crippen LogP contribution in [0.3, 0.4) is 0 Å². The largest absolute Gasteiger partial charge is 0.338 e. The van der Waals surface area contributed by atoms with E-state index in [-0.39, 0.29) is 18.3 Å². The van der Waals surface area contributed by atoms with E-state index >= 15 is 0 Å². The predicted octanol–water partition coefficient (Wildman–Crippen LogP) is 2.14. The first-order valence-electron chi connectivity index (χ1n) is 7.26. The van der Waals surface area contributed by atoms with E-state index in [9.17, 15) is 9.18 Å². The van der Waals surface area contributed by atoms with Gasteiger partial charge in [0.15, 0.2) is 0 Å². The van der Waals surface area contributed by atoms with E-state index in [4.69, 9.17) is 5.73 Å². The molecule has 1 fully saturated rings. The number of rotatable bonds is 3. The minimum absolute atomic E-state index is 0.163. The Kier molecular flexibility index (Phi) is 4.98. The van der Waals surface area contributed by atoms with E-state index in [2.05, 4.69) is 25.7 Å². The average Bonchev–Trinajstić information content (AvgIpc) is 2.80. The van der Waals surface area contributed by atoms with Gasteiger partial charge in [-0.2, -0.15) is 0 Å². The Morgan fingerprint density at radius 3 is 2.86 bits per heavy atom. The zero-order valence-corrected chi connectivity index (χ0v) is 12.5. The van der Waals surface area contributed by atoms with Crippen LogP contribution >= 0.6 is 0 Å². The summed E-state index contributed by atoms with van der Waals surface area (Å²) >= 11 is 0. The summed E-state index contributed by atoms with van der Waals surface area (Å²) in [5.41, 5.74) is 6.85. The molecule has 0 bridgehead atoms. The molecule has 2 rings (SSSR count). The Morgan fingerprint density at radius 1 is 1.48 bits per heavy atom. The van der Waals surface area contributed by atoms with Gasteiger partial charge in [0, 0.05) is 25.1 Å². The van der Waals surface area contributed by atoms with Crippen LogP contribution in [0.15, 0.2) is 18.2 Å². The van der Waals surface area contributed by atoms with Gasteiger partial charge in [-0.15, -0.1) is 0 Å². The third-order valence-corrected chi connectivity index (χ3v) is 3.95. The van der Waals surface area contributed by atoms with Crippen molar-refractivity contribution in [1.29, 1.82) is 0 Å². The molecule has 1 aromatic rings. The van der Waals surface area contributed by atoms with Gasteiger partial charge >= 0.3 is 0 Å². The lowest BCUT2D eigenvalue weighted by Crippen LogP contribution is -2.25. The zero-order chi connectivity index (χ0) is 15.4. The fraction of sp³-hybridized carbons (Fsp3) is 0.471. The van der Waals surface area contributed by atoms with E-state index in [1.54, 1.807) is 6.07 Å². The number of hydrogen-bond acceptors (Lipinski definition) is 2. The highest BCUT2D eigenvalue weighted by molar-refractivity contribution is 5.78. The number of benzene rings is 1. The molecule has 2 N–H and O–H groups in total. The lowest BCUT2D eigenvalue weighted by Gasteiger charge is -2.19. The molecular weight excluding hydrogens is 267 g/mol. The molecule has 0 spiro atoms. The van der Waals surface area contributed by atoms with E-state index in [0.29, 0.717) is 30.4 Å². The normalized spacial score (nSPS) is 18.0. The quantitative estimate of drug-likeness (QED) is 0.866. The summed E-state index contributed by atoms with van der Waals surface area (Å²) in [6.07, 6.45) is 0.600. The van der Waals surface area contributed by atoms with Crippen LogP contribution in [0.5, 0.6) is 0 Å². The second kappa shape index (κ2) is 6.73. The Balaban J connectivity index is 2.18. The molecular formula is C17H21FN2O. The zero-order valence-electron chi connectivity index (χ0n) is 12.5. The van der Waals surface area contributed by atoms with Gasteiger partial charge in [-0.25, -0.2) is 4.39 Å². The van der Waals surface area contributed by atoms with Gasteiger partial charge in [-0.3, -0.25) is 4.79 Å². The fourth-order valence-electron chi connectivity index (χ4n) is 2.56. The third-order valence-electron chi connectivity index (χ3n) is 3.95. The van der Waals surface area contributed by atoms with Gasteiger partial charge in [0.2, 0.25) is 5.91 Å². The second-order valence-corrected chi connectivity index (χ2v) is 5.79.